The highest BCUT2D eigenvalue weighted by Crippen LogP contribution is 2.42. The van der Waals surface area contributed by atoms with Gasteiger partial charge in [-0.15, -0.1) is 11.3 Å². The number of aromatic nitrogens is 3. The van der Waals surface area contributed by atoms with Gasteiger partial charge in [0.05, 0.1) is 54.1 Å². The number of hydrogen-bond acceptors (Lipinski definition) is 11. The second kappa shape index (κ2) is 23.5. The van der Waals surface area contributed by atoms with Crippen molar-refractivity contribution in [3.05, 3.63) is 58.2 Å². The molecule has 0 aliphatic carbocycles. The lowest BCUT2D eigenvalue weighted by Gasteiger charge is -2.40. The summed E-state index contributed by atoms with van der Waals surface area (Å²) in [6.07, 6.45) is 3.27. The molecule has 3 aromatic heterocycles. The maximum atomic E-state index is 14.5. The number of hydrogen-bond donors (Lipinski definition) is 2. The number of nitrogens with one attached hydrogen (secondary N) is 2. The molecule has 20 heteroatoms. The molecular formula is C45H68N8O7S5. The first-order chi connectivity index (χ1) is 29.1. The lowest BCUT2D eigenvalue weighted by Crippen LogP contribution is -2.63. The Morgan fingerprint density at radius 1 is 1.09 bits per heavy atom. The molecule has 2 N–H and O–H groups in total. The van der Waals surface area contributed by atoms with Gasteiger partial charge in [-0.05, 0) is 68.9 Å². The molecule has 360 valence electrons. The zero-order chi connectivity index (χ0) is 43.7. The highest BCUT2D eigenvalue weighted by Gasteiger charge is 2.39. The van der Waals surface area contributed by atoms with Crippen molar-refractivity contribution in [1.82, 2.24) is 40.1 Å². The topological polar surface area (TPSA) is 160 Å². The molecule has 0 spiro atoms. The molecule has 3 aliphatic heterocycles. The number of carbonyl (C=O) groups is 4. The Morgan fingerprint density at radius 2 is 1.82 bits per heavy atom. The molecular weight excluding hydrogens is 925 g/mol. The van der Waals surface area contributed by atoms with Crippen molar-refractivity contribution in [2.45, 2.75) is 104 Å². The van der Waals surface area contributed by atoms with E-state index in [2.05, 4.69) is 60.3 Å². The quantitative estimate of drug-likeness (QED) is 0.189. The van der Waals surface area contributed by atoms with E-state index in [4.69, 9.17) is 24.2 Å². The summed E-state index contributed by atoms with van der Waals surface area (Å²) < 4.78 is 19.5. The smallest absolute Gasteiger partial charge is 0.324 e. The number of aryl methyl sites for hydroxylation is 1. The Morgan fingerprint density at radius 3 is 2.46 bits per heavy atom. The van der Waals surface area contributed by atoms with Gasteiger partial charge in [-0.2, -0.15) is 54.0 Å². The Hall–Kier alpha value is -3.50. The van der Waals surface area contributed by atoms with Crippen LogP contribution in [-0.4, -0.2) is 125 Å². The van der Waals surface area contributed by atoms with Crippen molar-refractivity contribution < 1.29 is 33.4 Å². The van der Waals surface area contributed by atoms with Gasteiger partial charge in [-0.25, -0.2) is 15.2 Å². The summed E-state index contributed by atoms with van der Waals surface area (Å²) in [5, 5.41) is 8.15. The highest BCUT2D eigenvalue weighted by atomic mass is 32.1. The number of ether oxygens (including phenoxy) is 3. The molecule has 7 rings (SSSR count). The van der Waals surface area contributed by atoms with Crippen LogP contribution in [0, 0.1) is 11.3 Å². The number of carbonyl (C=O) groups excluding carboxylic acids is 4. The van der Waals surface area contributed by atoms with Crippen LogP contribution in [0.1, 0.15) is 76.8 Å². The second-order valence-corrected chi connectivity index (χ2v) is 18.6. The summed E-state index contributed by atoms with van der Waals surface area (Å²) in [4.78, 5) is 69.1. The van der Waals surface area contributed by atoms with Crippen LogP contribution in [-0.2, 0) is 48.0 Å². The number of pyridine rings is 1. The fraction of sp³-hybridized carbons (Fsp3) is 0.556. The fourth-order valence-electron chi connectivity index (χ4n) is 8.72. The Kier molecular flexibility index (Phi) is 20.2. The van der Waals surface area contributed by atoms with Crippen LogP contribution in [0.3, 0.4) is 0 Å². The molecule has 2 saturated heterocycles. The predicted molar refractivity (Wildman–Crippen MR) is 275 cm³/mol. The van der Waals surface area contributed by atoms with Crippen LogP contribution < -0.4 is 10.7 Å². The minimum Gasteiger partial charge on any atom is -0.464 e. The molecule has 4 atom stereocenters. The van der Waals surface area contributed by atoms with Gasteiger partial charge in [-0.3, -0.25) is 24.4 Å². The number of esters is 1. The van der Waals surface area contributed by atoms with Crippen molar-refractivity contribution in [1.29, 1.82) is 0 Å². The van der Waals surface area contributed by atoms with Gasteiger partial charge in [0.1, 0.15) is 18.1 Å². The van der Waals surface area contributed by atoms with Crippen molar-refractivity contribution >= 4 is 100 Å². The fourth-order valence-corrected chi connectivity index (χ4v) is 9.57. The number of likely N-dealkylation sites (N-methyl/N-ethyl adjacent to an activating group) is 2. The van der Waals surface area contributed by atoms with Crippen LogP contribution in [0.2, 0.25) is 0 Å². The lowest BCUT2D eigenvalue weighted by atomic mass is 9.84. The summed E-state index contributed by atoms with van der Waals surface area (Å²) in [6, 6.07) is 7.38. The number of methoxy groups -OCH3 is 1. The average molecular weight is 993 g/mol. The molecule has 4 aromatic rings. The van der Waals surface area contributed by atoms with Crippen molar-refractivity contribution in [2.24, 2.45) is 11.3 Å². The summed E-state index contributed by atoms with van der Waals surface area (Å²) in [7, 11) is 5.01. The number of hydrazine groups is 1. The maximum absolute atomic E-state index is 14.5. The zero-order valence-corrected chi connectivity index (χ0v) is 43.6. The number of fused-ring (bicyclic) bond motifs is 6. The van der Waals surface area contributed by atoms with Crippen molar-refractivity contribution in [3.8, 4) is 22.5 Å². The summed E-state index contributed by atoms with van der Waals surface area (Å²) in [6.45, 7) is 14.1. The Labute approximate surface area is 414 Å². The number of thiazole rings is 1. The molecule has 65 heavy (non-hydrogen) atoms. The molecule has 2 fully saturated rings. The standard InChI is InChI=1S/C45H60N8O7S.4H2S/c1-10-52-36-16-15-28-19-31(36)32(40(52)30-13-11-17-46-38(30)27(4)58-9)21-45(5,6)25-60-43(56)33-14-12-18-53(49-33)42(55)34(20-37-47-35(28)24-61-37)48-41(54)39(26(2)3)51(8)44(57)50(7)29-22-59-23-29;;;;/h11,13,15-17,19,24,26-27,29,33-34,39,49H,10,12,14,18,20-23,25H2,1-9H3,(H,48,54);4*1H2/t27-,33-,34-,39-;;;;/m0..../s1. The number of amides is 4. The van der Waals surface area contributed by atoms with Crippen LogP contribution in [0.5, 0.6) is 0 Å². The number of nitrogens with zero attached hydrogens (tertiary/aromatic N) is 6. The number of urea groups is 1. The number of rotatable bonds is 9. The summed E-state index contributed by atoms with van der Waals surface area (Å²) >= 11 is 1.42. The summed E-state index contributed by atoms with van der Waals surface area (Å²) in [5.41, 5.74) is 9.35. The first-order valence-corrected chi connectivity index (χ1v) is 22.2. The molecule has 3 aliphatic rings. The minimum absolute atomic E-state index is 0. The minimum atomic E-state index is -1.05. The third-order valence-electron chi connectivity index (χ3n) is 12.2. The van der Waals surface area contributed by atoms with E-state index in [1.165, 1.54) is 21.2 Å². The highest BCUT2D eigenvalue weighted by molar-refractivity contribution is 7.59. The molecule has 6 bridgehead atoms. The van der Waals surface area contributed by atoms with Gasteiger partial charge >= 0.3 is 12.0 Å². The van der Waals surface area contributed by atoms with Gasteiger partial charge in [-0.1, -0.05) is 33.8 Å². The summed E-state index contributed by atoms with van der Waals surface area (Å²) in [5.74, 6) is -1.57. The first-order valence-electron chi connectivity index (χ1n) is 21.3. The maximum Gasteiger partial charge on any atom is 0.324 e. The van der Waals surface area contributed by atoms with Crippen LogP contribution in [0.25, 0.3) is 33.4 Å². The molecule has 0 radical (unpaired) electrons. The molecule has 1 aromatic carbocycles. The third-order valence-corrected chi connectivity index (χ3v) is 13.1. The van der Waals surface area contributed by atoms with E-state index in [-0.39, 0.29) is 91.1 Å². The third kappa shape index (κ3) is 11.8. The van der Waals surface area contributed by atoms with E-state index in [0.717, 1.165) is 44.7 Å². The molecule has 0 unspecified atom stereocenters. The van der Waals surface area contributed by atoms with E-state index in [0.29, 0.717) is 50.6 Å². The molecule has 0 saturated carbocycles. The monoisotopic (exact) mass is 992 g/mol. The van der Waals surface area contributed by atoms with E-state index >= 15 is 0 Å². The lowest BCUT2D eigenvalue weighted by molar-refractivity contribution is -0.155. The Balaban J connectivity index is 0.00000281. The first kappa shape index (κ1) is 55.8. The largest absolute Gasteiger partial charge is 0.464 e. The van der Waals surface area contributed by atoms with Gasteiger partial charge in [0, 0.05) is 79.7 Å². The van der Waals surface area contributed by atoms with Gasteiger partial charge in [0.2, 0.25) is 5.91 Å². The van der Waals surface area contributed by atoms with E-state index in [9.17, 15) is 19.2 Å². The predicted octanol–water partition coefficient (Wildman–Crippen LogP) is 6.06. The van der Waals surface area contributed by atoms with Gasteiger partial charge in [0.25, 0.3) is 5.91 Å². The second-order valence-electron chi connectivity index (χ2n) is 17.7. The molecule has 15 nitrogen and oxygen atoms in total. The van der Waals surface area contributed by atoms with Crippen molar-refractivity contribution in [3.63, 3.8) is 0 Å². The van der Waals surface area contributed by atoms with Crippen LogP contribution in [0.15, 0.2) is 41.9 Å². The van der Waals surface area contributed by atoms with Crippen molar-refractivity contribution in [2.75, 3.05) is 47.6 Å². The van der Waals surface area contributed by atoms with Crippen LogP contribution >= 0.6 is 65.3 Å². The van der Waals surface area contributed by atoms with Gasteiger partial charge < -0.3 is 33.9 Å². The Bertz CT molecular complexity index is 2290. The molecule has 6 heterocycles. The molecule has 4 amide bonds. The van der Waals surface area contributed by atoms with Gasteiger partial charge in [0.15, 0.2) is 0 Å². The number of cyclic esters (lactones) is 1. The SMILES string of the molecule is CCn1c(-c2cccnc2[C@H](C)OC)c2c3cc(ccc31)-c1csc(n1)C[C@H](NC(=O)[C@H](C(C)C)N(C)C(=O)N(C)C1COC1)C(=O)N1CCC[C@H](N1)C(=O)OCC(C)(C)C2.S.S.S.S. The van der Waals surface area contributed by atoms with E-state index < -0.39 is 41.3 Å². The van der Waals surface area contributed by atoms with E-state index in [1.807, 2.05) is 32.2 Å². The normalized spacial score (nSPS) is 19.4. The number of benzene rings is 1. The van der Waals surface area contributed by atoms with E-state index in [1.54, 1.807) is 32.3 Å². The average Bonchev–Trinajstić information content (AvgIpc) is 3.82. The zero-order valence-electron chi connectivity index (χ0n) is 38.8. The van der Waals surface area contributed by atoms with Crippen LogP contribution in [0.4, 0.5) is 4.79 Å².